The summed E-state index contributed by atoms with van der Waals surface area (Å²) in [6, 6.07) is 0.409. The van der Waals surface area contributed by atoms with Gasteiger partial charge in [0.15, 0.2) is 0 Å². The van der Waals surface area contributed by atoms with E-state index in [9.17, 15) is 9.59 Å². The van der Waals surface area contributed by atoms with Crippen LogP contribution in [0.1, 0.15) is 81.1 Å². The Labute approximate surface area is 166 Å². The molecule has 26 heavy (non-hydrogen) atoms. The predicted molar refractivity (Wildman–Crippen MR) is 115 cm³/mol. The van der Waals surface area contributed by atoms with Crippen molar-refractivity contribution in [2.45, 2.75) is 97.1 Å². The lowest BCUT2D eigenvalue weighted by atomic mass is 9.79. The molecule has 0 aromatic carbocycles. The summed E-state index contributed by atoms with van der Waals surface area (Å²) in [6.45, 7) is 17.1. The third-order valence-electron chi connectivity index (χ3n) is 5.98. The standard InChI is InChI=1S/C21H42N2O2S/c1-10-18(16(3)22-9)26-21(7,8)20(5,6)19(25)23-14-12-11-13-15(2)17(4)24/h15-16,18,22H,10-14H2,1-9H3,(H,23,25). The molecule has 3 unspecified atom stereocenters. The van der Waals surface area contributed by atoms with E-state index in [1.54, 1.807) is 6.92 Å². The number of rotatable bonds is 13. The quantitative estimate of drug-likeness (QED) is 0.460. The Kier molecular flexibility index (Phi) is 11.1. The van der Waals surface area contributed by atoms with Gasteiger partial charge in [-0.2, -0.15) is 0 Å². The molecule has 3 atom stereocenters. The molecule has 0 heterocycles. The first-order valence-electron chi connectivity index (χ1n) is 10.0. The van der Waals surface area contributed by atoms with Crippen LogP contribution in [0.15, 0.2) is 0 Å². The maximum Gasteiger partial charge on any atom is 0.227 e. The van der Waals surface area contributed by atoms with Crippen molar-refractivity contribution < 1.29 is 9.59 Å². The van der Waals surface area contributed by atoms with Crippen LogP contribution in [0.4, 0.5) is 0 Å². The van der Waals surface area contributed by atoms with Crippen molar-refractivity contribution in [3.05, 3.63) is 0 Å². The van der Waals surface area contributed by atoms with Crippen LogP contribution in [0, 0.1) is 11.3 Å². The van der Waals surface area contributed by atoms with E-state index in [0.29, 0.717) is 17.8 Å². The van der Waals surface area contributed by atoms with Crippen LogP contribution >= 0.6 is 11.8 Å². The van der Waals surface area contributed by atoms with Gasteiger partial charge in [-0.3, -0.25) is 9.59 Å². The summed E-state index contributed by atoms with van der Waals surface area (Å²) in [7, 11) is 1.99. The second-order valence-electron chi connectivity index (χ2n) is 8.54. The maximum absolute atomic E-state index is 12.8. The molecule has 0 spiro atoms. The van der Waals surface area contributed by atoms with Gasteiger partial charge in [0.25, 0.3) is 0 Å². The van der Waals surface area contributed by atoms with E-state index in [-0.39, 0.29) is 22.4 Å². The number of carbonyl (C=O) groups excluding carboxylic acids is 2. The normalized spacial score (nSPS) is 16.0. The molecule has 0 aliphatic heterocycles. The van der Waals surface area contributed by atoms with Crippen LogP contribution in [0.25, 0.3) is 0 Å². The van der Waals surface area contributed by atoms with Gasteiger partial charge in [0.1, 0.15) is 5.78 Å². The fourth-order valence-electron chi connectivity index (χ4n) is 2.73. The van der Waals surface area contributed by atoms with Crippen LogP contribution in [-0.2, 0) is 9.59 Å². The Morgan fingerprint density at radius 3 is 2.12 bits per heavy atom. The fourth-order valence-corrected chi connectivity index (χ4v) is 4.38. The number of hydrogen-bond acceptors (Lipinski definition) is 4. The summed E-state index contributed by atoms with van der Waals surface area (Å²) in [6.07, 6.45) is 3.86. The highest BCUT2D eigenvalue weighted by atomic mass is 32.2. The monoisotopic (exact) mass is 386 g/mol. The average molecular weight is 387 g/mol. The van der Waals surface area contributed by atoms with Crippen LogP contribution in [0.2, 0.25) is 0 Å². The summed E-state index contributed by atoms with van der Waals surface area (Å²) in [5.74, 6) is 0.481. The van der Waals surface area contributed by atoms with Crippen molar-refractivity contribution in [3.8, 4) is 0 Å². The third kappa shape index (κ3) is 7.59. The van der Waals surface area contributed by atoms with Crippen molar-refractivity contribution in [1.82, 2.24) is 10.6 Å². The average Bonchev–Trinajstić information content (AvgIpc) is 2.57. The van der Waals surface area contributed by atoms with E-state index in [4.69, 9.17) is 0 Å². The molecule has 0 fully saturated rings. The second kappa shape index (κ2) is 11.3. The second-order valence-corrected chi connectivity index (χ2v) is 10.4. The van der Waals surface area contributed by atoms with Gasteiger partial charge in [-0.25, -0.2) is 0 Å². The minimum Gasteiger partial charge on any atom is -0.356 e. The number of amides is 1. The van der Waals surface area contributed by atoms with Gasteiger partial charge in [0.05, 0.1) is 5.41 Å². The van der Waals surface area contributed by atoms with Crippen molar-refractivity contribution in [2.24, 2.45) is 11.3 Å². The largest absolute Gasteiger partial charge is 0.356 e. The molecule has 0 rings (SSSR count). The van der Waals surface area contributed by atoms with Crippen molar-refractivity contribution in [2.75, 3.05) is 13.6 Å². The van der Waals surface area contributed by atoms with Gasteiger partial charge in [0.2, 0.25) is 5.91 Å². The number of carbonyl (C=O) groups is 2. The van der Waals surface area contributed by atoms with Gasteiger partial charge in [-0.05, 0) is 67.9 Å². The Bertz CT molecular complexity index is 449. The zero-order chi connectivity index (χ0) is 20.5. The van der Waals surface area contributed by atoms with Crippen molar-refractivity contribution in [1.29, 1.82) is 0 Å². The molecule has 5 heteroatoms. The first kappa shape index (κ1) is 25.4. The molecule has 0 aromatic heterocycles. The molecule has 0 aromatic rings. The summed E-state index contributed by atoms with van der Waals surface area (Å²) in [5, 5.41) is 6.92. The smallest absolute Gasteiger partial charge is 0.227 e. The molecule has 154 valence electrons. The Balaban J connectivity index is 4.61. The molecule has 2 N–H and O–H groups in total. The first-order chi connectivity index (χ1) is 11.9. The van der Waals surface area contributed by atoms with Gasteiger partial charge in [0, 0.05) is 28.5 Å². The number of ketones is 1. The van der Waals surface area contributed by atoms with Crippen molar-refractivity contribution in [3.63, 3.8) is 0 Å². The van der Waals surface area contributed by atoms with E-state index in [1.807, 2.05) is 39.6 Å². The molecule has 0 saturated heterocycles. The Hall–Kier alpha value is -0.550. The highest BCUT2D eigenvalue weighted by molar-refractivity contribution is 8.01. The Morgan fingerprint density at radius 1 is 1.08 bits per heavy atom. The van der Waals surface area contributed by atoms with E-state index >= 15 is 0 Å². The number of unbranched alkanes of at least 4 members (excludes halogenated alkanes) is 1. The lowest BCUT2D eigenvalue weighted by molar-refractivity contribution is -0.130. The van der Waals surface area contributed by atoms with Gasteiger partial charge < -0.3 is 10.6 Å². The minimum atomic E-state index is -0.467. The molecule has 0 radical (unpaired) electrons. The molecule has 0 saturated carbocycles. The van der Waals surface area contributed by atoms with Gasteiger partial charge in [-0.15, -0.1) is 11.8 Å². The SMILES string of the molecule is CCC(SC(C)(C)C(C)(C)C(=O)NCCCCC(C)C(C)=O)C(C)NC. The summed E-state index contributed by atoms with van der Waals surface area (Å²) in [4.78, 5) is 24.1. The van der Waals surface area contributed by atoms with E-state index in [1.165, 1.54) is 0 Å². The van der Waals surface area contributed by atoms with E-state index < -0.39 is 5.41 Å². The number of hydrogen-bond donors (Lipinski definition) is 2. The van der Waals surface area contributed by atoms with Crippen LogP contribution in [0.3, 0.4) is 0 Å². The predicted octanol–water partition coefficient (Wildman–Crippen LogP) is 4.42. The van der Waals surface area contributed by atoms with Crippen LogP contribution < -0.4 is 10.6 Å². The molecule has 4 nitrogen and oxygen atoms in total. The van der Waals surface area contributed by atoms with Crippen LogP contribution in [0.5, 0.6) is 0 Å². The first-order valence-corrected chi connectivity index (χ1v) is 10.9. The summed E-state index contributed by atoms with van der Waals surface area (Å²) >= 11 is 1.90. The number of thioether (sulfide) groups is 1. The molecular weight excluding hydrogens is 344 g/mol. The van der Waals surface area contributed by atoms with Gasteiger partial charge >= 0.3 is 0 Å². The minimum absolute atomic E-state index is 0.113. The number of Topliss-reactive ketones (excluding diaryl/α,β-unsaturated/α-hetero) is 1. The lowest BCUT2D eigenvalue weighted by Crippen LogP contribution is -2.50. The Morgan fingerprint density at radius 2 is 1.65 bits per heavy atom. The third-order valence-corrected chi connectivity index (χ3v) is 8.12. The molecular formula is C21H42N2O2S. The lowest BCUT2D eigenvalue weighted by Gasteiger charge is -2.42. The fraction of sp³-hybridized carbons (Fsp3) is 0.905. The summed E-state index contributed by atoms with van der Waals surface area (Å²) in [5.41, 5.74) is -0.467. The topological polar surface area (TPSA) is 58.2 Å². The van der Waals surface area contributed by atoms with Crippen LogP contribution in [-0.4, -0.2) is 41.3 Å². The highest BCUT2D eigenvalue weighted by Crippen LogP contribution is 2.45. The van der Waals surface area contributed by atoms with Gasteiger partial charge in [-0.1, -0.05) is 20.3 Å². The molecule has 0 bridgehead atoms. The molecule has 1 amide bonds. The molecule has 0 aliphatic rings. The maximum atomic E-state index is 12.8. The highest BCUT2D eigenvalue weighted by Gasteiger charge is 2.45. The van der Waals surface area contributed by atoms with E-state index in [2.05, 4.69) is 38.3 Å². The van der Waals surface area contributed by atoms with Crippen molar-refractivity contribution >= 4 is 23.5 Å². The zero-order valence-electron chi connectivity index (χ0n) is 18.5. The summed E-state index contributed by atoms with van der Waals surface area (Å²) < 4.78 is -0.175. The molecule has 0 aliphatic carbocycles. The van der Waals surface area contributed by atoms with E-state index in [0.717, 1.165) is 25.7 Å². The zero-order valence-corrected chi connectivity index (χ0v) is 19.3. The number of nitrogens with one attached hydrogen (secondary N) is 2.